The van der Waals surface area contributed by atoms with Crippen molar-refractivity contribution in [3.8, 4) is 5.75 Å². The van der Waals surface area contributed by atoms with Crippen molar-refractivity contribution in [3.63, 3.8) is 0 Å². The summed E-state index contributed by atoms with van der Waals surface area (Å²) in [5.74, 6) is 0.243. The first kappa shape index (κ1) is 26.3. The smallest absolute Gasteiger partial charge is 0.191 e. The Hall–Kier alpha value is -1.92. The fraction of sp³-hybridized carbons (Fsp3) is 0.500. The maximum absolute atomic E-state index is 13.7. The predicted octanol–water partition coefficient (Wildman–Crippen LogP) is 3.05. The average molecular weight is 564 g/mol. The van der Waals surface area contributed by atoms with Crippen molar-refractivity contribution in [1.29, 1.82) is 0 Å². The van der Waals surface area contributed by atoms with Crippen LogP contribution in [0.1, 0.15) is 12.2 Å². The Balaban J connectivity index is 0.00000363. The molecule has 0 atom stereocenters. The van der Waals surface area contributed by atoms with Crippen molar-refractivity contribution < 1.29 is 22.7 Å². The van der Waals surface area contributed by atoms with Gasteiger partial charge < -0.3 is 24.5 Å². The molecule has 1 aliphatic rings. The Morgan fingerprint density at radius 2 is 1.94 bits per heavy atom. The molecule has 1 aromatic carbocycles. The Morgan fingerprint density at radius 3 is 2.69 bits per heavy atom. The number of hydrogen-bond donors (Lipinski definition) is 2. The number of hydrogen-bond acceptors (Lipinski definition) is 5. The van der Waals surface area contributed by atoms with Crippen molar-refractivity contribution >= 4 is 29.9 Å². The minimum Gasteiger partial charge on any atom is -0.489 e. The molecular formula is C22H31F2IN4O3. The lowest BCUT2D eigenvalue weighted by molar-refractivity contribution is 0.0377. The summed E-state index contributed by atoms with van der Waals surface area (Å²) in [4.78, 5) is 7.00. The van der Waals surface area contributed by atoms with Crippen LogP contribution in [0.4, 0.5) is 8.78 Å². The summed E-state index contributed by atoms with van der Waals surface area (Å²) < 4.78 is 42.7. The standard InChI is InChI=1S/C22H30F2N4O3.HI/c23-18-4-5-21(20(24)17-18)31-14-9-27-22(26-8-6-19-3-1-13-30-19)25-7-2-10-28-11-15-29-16-12-28;/h1,3-5,13,17H,2,6-12,14-16H2,(H2,25,26,27);1H. The number of morpholine rings is 1. The lowest BCUT2D eigenvalue weighted by atomic mass is 10.3. The van der Waals surface area contributed by atoms with Crippen molar-refractivity contribution in [2.24, 2.45) is 4.99 Å². The van der Waals surface area contributed by atoms with Gasteiger partial charge in [0, 0.05) is 45.2 Å². The third-order valence-electron chi connectivity index (χ3n) is 4.80. The zero-order valence-corrected chi connectivity index (χ0v) is 20.4. The molecular weight excluding hydrogens is 533 g/mol. The quantitative estimate of drug-likeness (QED) is 0.189. The summed E-state index contributed by atoms with van der Waals surface area (Å²) in [7, 11) is 0. The first-order valence-electron chi connectivity index (χ1n) is 10.6. The first-order chi connectivity index (χ1) is 15.2. The van der Waals surface area contributed by atoms with Gasteiger partial charge in [-0.1, -0.05) is 0 Å². The molecule has 32 heavy (non-hydrogen) atoms. The van der Waals surface area contributed by atoms with Crippen LogP contribution in [0, 0.1) is 11.6 Å². The third kappa shape index (κ3) is 9.70. The molecule has 1 fully saturated rings. The van der Waals surface area contributed by atoms with Gasteiger partial charge in [0.2, 0.25) is 0 Å². The second kappa shape index (κ2) is 15.0. The fourth-order valence-corrected chi connectivity index (χ4v) is 3.17. The van der Waals surface area contributed by atoms with E-state index in [2.05, 4.69) is 20.5 Å². The number of benzene rings is 1. The van der Waals surface area contributed by atoms with Gasteiger partial charge in [0.1, 0.15) is 18.2 Å². The first-order valence-corrected chi connectivity index (χ1v) is 10.6. The number of halogens is 3. The SMILES string of the molecule is Fc1ccc(OCCNC(=NCCCN2CCOCC2)NCCc2ccco2)c(F)c1.I. The van der Waals surface area contributed by atoms with Crippen molar-refractivity contribution in [1.82, 2.24) is 15.5 Å². The van der Waals surface area contributed by atoms with Gasteiger partial charge in [0.05, 0.1) is 26.0 Å². The van der Waals surface area contributed by atoms with Crippen LogP contribution < -0.4 is 15.4 Å². The van der Waals surface area contributed by atoms with Crippen LogP contribution in [0.2, 0.25) is 0 Å². The Bertz CT molecular complexity index is 802. The predicted molar refractivity (Wildman–Crippen MR) is 130 cm³/mol. The van der Waals surface area contributed by atoms with Gasteiger partial charge in [-0.05, 0) is 30.7 Å². The van der Waals surface area contributed by atoms with E-state index in [1.54, 1.807) is 6.26 Å². The molecule has 178 valence electrons. The summed E-state index contributed by atoms with van der Waals surface area (Å²) in [5.41, 5.74) is 0. The van der Waals surface area contributed by atoms with Gasteiger partial charge in [-0.25, -0.2) is 8.78 Å². The summed E-state index contributed by atoms with van der Waals surface area (Å²) >= 11 is 0. The van der Waals surface area contributed by atoms with Crippen LogP contribution in [0.15, 0.2) is 46.0 Å². The van der Waals surface area contributed by atoms with E-state index in [1.807, 2.05) is 12.1 Å². The Kier molecular flexibility index (Phi) is 12.4. The number of ether oxygens (including phenoxy) is 2. The van der Waals surface area contributed by atoms with E-state index < -0.39 is 11.6 Å². The lowest BCUT2D eigenvalue weighted by Gasteiger charge is -2.26. The number of aliphatic imine (C=N–C) groups is 1. The molecule has 2 N–H and O–H groups in total. The zero-order chi connectivity index (χ0) is 21.7. The normalized spacial score (nSPS) is 14.6. The Labute approximate surface area is 204 Å². The van der Waals surface area contributed by atoms with E-state index >= 15 is 0 Å². The molecule has 10 heteroatoms. The fourth-order valence-electron chi connectivity index (χ4n) is 3.17. The zero-order valence-electron chi connectivity index (χ0n) is 18.0. The summed E-state index contributed by atoms with van der Waals surface area (Å²) in [6.07, 6.45) is 3.33. The average Bonchev–Trinajstić information content (AvgIpc) is 3.29. The van der Waals surface area contributed by atoms with Crippen molar-refractivity contribution in [2.45, 2.75) is 12.8 Å². The second-order valence-corrected chi connectivity index (χ2v) is 7.14. The molecule has 0 amide bonds. The molecule has 3 rings (SSSR count). The van der Waals surface area contributed by atoms with Crippen LogP contribution in [0.25, 0.3) is 0 Å². The van der Waals surface area contributed by atoms with E-state index in [4.69, 9.17) is 13.9 Å². The van der Waals surface area contributed by atoms with Gasteiger partial charge in [-0.15, -0.1) is 24.0 Å². The topological polar surface area (TPSA) is 71.3 Å². The monoisotopic (exact) mass is 564 g/mol. The van der Waals surface area contributed by atoms with E-state index in [9.17, 15) is 8.78 Å². The highest BCUT2D eigenvalue weighted by molar-refractivity contribution is 14.0. The minimum absolute atomic E-state index is 0. The number of furan rings is 1. The van der Waals surface area contributed by atoms with Crippen molar-refractivity contribution in [3.05, 3.63) is 54.0 Å². The number of guanidine groups is 1. The molecule has 0 spiro atoms. The van der Waals surface area contributed by atoms with Crippen LogP contribution in [-0.4, -0.2) is 69.9 Å². The molecule has 1 aromatic heterocycles. The highest BCUT2D eigenvalue weighted by Gasteiger charge is 2.09. The largest absolute Gasteiger partial charge is 0.489 e. The van der Waals surface area contributed by atoms with Gasteiger partial charge in [-0.3, -0.25) is 9.89 Å². The van der Waals surface area contributed by atoms with Crippen LogP contribution in [-0.2, 0) is 11.2 Å². The van der Waals surface area contributed by atoms with Crippen LogP contribution in [0.3, 0.4) is 0 Å². The van der Waals surface area contributed by atoms with E-state index in [1.165, 1.54) is 12.1 Å². The van der Waals surface area contributed by atoms with E-state index in [0.29, 0.717) is 25.6 Å². The molecule has 0 bridgehead atoms. The second-order valence-electron chi connectivity index (χ2n) is 7.14. The lowest BCUT2D eigenvalue weighted by Crippen LogP contribution is -2.40. The maximum atomic E-state index is 13.7. The molecule has 0 radical (unpaired) electrons. The molecule has 2 heterocycles. The maximum Gasteiger partial charge on any atom is 0.191 e. The summed E-state index contributed by atoms with van der Waals surface area (Å²) in [6.45, 7) is 6.48. The molecule has 0 aliphatic carbocycles. The number of rotatable bonds is 11. The number of nitrogens with zero attached hydrogens (tertiary/aromatic N) is 2. The van der Waals surface area contributed by atoms with Crippen LogP contribution in [0.5, 0.6) is 5.75 Å². The molecule has 7 nitrogen and oxygen atoms in total. The third-order valence-corrected chi connectivity index (χ3v) is 4.80. The highest BCUT2D eigenvalue weighted by atomic mass is 127. The van der Waals surface area contributed by atoms with Gasteiger partial charge >= 0.3 is 0 Å². The summed E-state index contributed by atoms with van der Waals surface area (Å²) in [5, 5.41) is 6.47. The van der Waals surface area contributed by atoms with Gasteiger partial charge in [0.25, 0.3) is 0 Å². The molecule has 0 unspecified atom stereocenters. The van der Waals surface area contributed by atoms with Gasteiger partial charge in [0.15, 0.2) is 17.5 Å². The van der Waals surface area contributed by atoms with Gasteiger partial charge in [-0.2, -0.15) is 0 Å². The Morgan fingerprint density at radius 1 is 1.12 bits per heavy atom. The minimum atomic E-state index is -0.714. The molecule has 1 saturated heterocycles. The van der Waals surface area contributed by atoms with E-state index in [-0.39, 0.29) is 36.3 Å². The molecule has 1 aliphatic heterocycles. The molecule has 0 saturated carbocycles. The van der Waals surface area contributed by atoms with Crippen LogP contribution >= 0.6 is 24.0 Å². The summed E-state index contributed by atoms with van der Waals surface area (Å²) in [6, 6.07) is 7.05. The highest BCUT2D eigenvalue weighted by Crippen LogP contribution is 2.17. The number of nitrogens with one attached hydrogen (secondary N) is 2. The molecule has 2 aromatic rings. The van der Waals surface area contributed by atoms with E-state index in [0.717, 1.165) is 57.5 Å². The van der Waals surface area contributed by atoms with Crippen molar-refractivity contribution in [2.75, 3.05) is 59.1 Å².